The van der Waals surface area contributed by atoms with Gasteiger partial charge in [0.1, 0.15) is 42.4 Å². The first-order valence-corrected chi connectivity index (χ1v) is 19.5. The van der Waals surface area contributed by atoms with Crippen LogP contribution in [-0.2, 0) is 43.9 Å². The lowest BCUT2D eigenvalue weighted by Crippen LogP contribution is -2.35. The molecule has 0 amide bonds. The molecule has 7 rings (SSSR count). The summed E-state index contributed by atoms with van der Waals surface area (Å²) in [6.45, 7) is -9.87. The van der Waals surface area contributed by atoms with Crippen LogP contribution in [0, 0.1) is 0 Å². The monoisotopic (exact) mass is 777 g/mol. The van der Waals surface area contributed by atoms with Crippen molar-refractivity contribution >= 4 is 100 Å². The van der Waals surface area contributed by atoms with Crippen LogP contribution in [0.3, 0.4) is 0 Å². The Morgan fingerprint density at radius 2 is 1.76 bits per heavy atom. The molecule has 0 aliphatic carbocycles. The fraction of sp³-hybridized carbons (Fsp3) is 0.455. The van der Waals surface area contributed by atoms with E-state index in [9.17, 15) is 14.6 Å². The molecular formula is C22H21Cl3FN7O9P2S2. The zero-order valence-electron chi connectivity index (χ0n) is 22.6. The molecular weight excluding hydrogens is 758 g/mol. The summed E-state index contributed by atoms with van der Waals surface area (Å²) in [4.78, 5) is 27.5. The third-order valence-corrected chi connectivity index (χ3v) is 11.7. The van der Waals surface area contributed by atoms with Crippen molar-refractivity contribution in [3.05, 3.63) is 40.1 Å². The van der Waals surface area contributed by atoms with Crippen molar-refractivity contribution in [2.75, 3.05) is 18.9 Å². The van der Waals surface area contributed by atoms with Gasteiger partial charge in [0, 0.05) is 0 Å². The highest BCUT2D eigenvalue weighted by Crippen LogP contribution is 2.58. The first kappa shape index (κ1) is 33.3. The van der Waals surface area contributed by atoms with Crippen LogP contribution < -0.4 is 5.73 Å². The van der Waals surface area contributed by atoms with Gasteiger partial charge in [0.25, 0.3) is 0 Å². The van der Waals surface area contributed by atoms with Crippen LogP contribution in [0.2, 0.25) is 15.3 Å². The molecule has 10 atom stereocenters. The van der Waals surface area contributed by atoms with Crippen molar-refractivity contribution in [1.82, 2.24) is 29.1 Å². The highest BCUT2D eigenvalue weighted by molar-refractivity contribution is 8.44. The number of rotatable bonds is 2. The van der Waals surface area contributed by atoms with E-state index >= 15 is 4.39 Å². The minimum atomic E-state index is -4.39. The minimum absolute atomic E-state index is 0.0555. The lowest BCUT2D eigenvalue weighted by molar-refractivity contribution is -0.0585. The van der Waals surface area contributed by atoms with E-state index in [4.69, 9.17) is 79.9 Å². The van der Waals surface area contributed by atoms with Gasteiger partial charge in [-0.2, -0.15) is 0 Å². The summed E-state index contributed by atoms with van der Waals surface area (Å²) in [5, 5.41) is 11.5. The Kier molecular flexibility index (Phi) is 8.87. The van der Waals surface area contributed by atoms with Crippen LogP contribution in [0.1, 0.15) is 12.5 Å². The molecule has 3 aliphatic rings. The third kappa shape index (κ3) is 5.97. The number of alkyl halides is 1. The number of nitrogens with two attached hydrogens (primary N) is 1. The molecule has 0 spiro atoms. The van der Waals surface area contributed by atoms with Gasteiger partial charge in [0.2, 0.25) is 5.28 Å². The lowest BCUT2D eigenvalue weighted by atomic mass is 10.1. The fourth-order valence-corrected chi connectivity index (χ4v) is 8.91. The number of anilines is 1. The number of hydrogen-bond donors (Lipinski definition) is 4. The van der Waals surface area contributed by atoms with E-state index in [0.29, 0.717) is 11.0 Å². The first-order chi connectivity index (χ1) is 21.7. The summed E-state index contributed by atoms with van der Waals surface area (Å²) in [7, 11) is 0. The van der Waals surface area contributed by atoms with Gasteiger partial charge in [0.15, 0.2) is 30.1 Å². The van der Waals surface area contributed by atoms with Crippen molar-refractivity contribution in [3.8, 4) is 0 Å². The summed E-state index contributed by atoms with van der Waals surface area (Å²) in [6.07, 6.45) is -9.58. The van der Waals surface area contributed by atoms with Crippen LogP contribution in [0.4, 0.5) is 10.2 Å². The van der Waals surface area contributed by atoms with Crippen LogP contribution in [0.25, 0.3) is 22.2 Å². The molecule has 0 saturated carbocycles. The molecule has 3 aromatic heterocycles. The van der Waals surface area contributed by atoms with Gasteiger partial charge in [-0.1, -0.05) is 35.5 Å². The maximum absolute atomic E-state index is 16.0. The number of ether oxygens (including phenoxy) is 2. The average Bonchev–Trinajstić information content (AvgIpc) is 3.71. The molecule has 24 heteroatoms. The van der Waals surface area contributed by atoms with Gasteiger partial charge < -0.3 is 29.7 Å². The van der Waals surface area contributed by atoms with Gasteiger partial charge in [-0.15, -0.1) is 0 Å². The average molecular weight is 779 g/mol. The molecule has 248 valence electrons. The number of nitrogens with zero attached hydrogens (tertiary/aromatic N) is 6. The Labute approximate surface area is 283 Å². The van der Waals surface area contributed by atoms with Crippen molar-refractivity contribution in [2.24, 2.45) is 0 Å². The highest BCUT2D eigenvalue weighted by Gasteiger charge is 2.53. The molecule has 0 radical (unpaired) electrons. The molecule has 3 aliphatic heterocycles. The third-order valence-electron chi connectivity index (χ3n) is 7.50. The Hall–Kier alpha value is -1.25. The smallest absolute Gasteiger partial charge is 0.386 e. The molecule has 2 bridgehead atoms. The number of hydrogen-bond acceptors (Lipinski definition) is 14. The van der Waals surface area contributed by atoms with Gasteiger partial charge in [0.05, 0.1) is 40.6 Å². The number of nitrogen functional groups attached to an aromatic ring is 1. The number of thiol groups is 1. The van der Waals surface area contributed by atoms with E-state index in [1.807, 2.05) is 0 Å². The molecule has 46 heavy (non-hydrogen) atoms. The predicted molar refractivity (Wildman–Crippen MR) is 168 cm³/mol. The van der Waals surface area contributed by atoms with Gasteiger partial charge in [-0.05, 0) is 35.5 Å². The Bertz CT molecular complexity index is 1950. The summed E-state index contributed by atoms with van der Waals surface area (Å²) >= 11 is 28.1. The van der Waals surface area contributed by atoms with E-state index in [-0.39, 0.29) is 32.3 Å². The summed E-state index contributed by atoms with van der Waals surface area (Å²) in [6, 6.07) is 2.95. The molecule has 3 saturated heterocycles. The van der Waals surface area contributed by atoms with Crippen molar-refractivity contribution in [2.45, 2.75) is 49.1 Å². The fourth-order valence-electron chi connectivity index (χ4n) is 5.42. The summed E-state index contributed by atoms with van der Waals surface area (Å²) < 4.78 is 66.3. The van der Waals surface area contributed by atoms with Crippen molar-refractivity contribution < 1.29 is 46.5 Å². The highest BCUT2D eigenvalue weighted by atomic mass is 35.5. The number of halogens is 4. The molecule has 1 aromatic carbocycles. The predicted octanol–water partition coefficient (Wildman–Crippen LogP) is 3.98. The van der Waals surface area contributed by atoms with Crippen LogP contribution in [0.15, 0.2) is 24.8 Å². The maximum atomic E-state index is 16.0. The van der Waals surface area contributed by atoms with E-state index in [0.717, 1.165) is 0 Å². The van der Waals surface area contributed by atoms with E-state index in [1.54, 1.807) is 0 Å². The lowest BCUT2D eigenvalue weighted by Gasteiger charge is -2.28. The number of aliphatic hydroxyl groups excluding tert-OH is 1. The second kappa shape index (κ2) is 12.3. The number of aromatic nitrogens is 6. The van der Waals surface area contributed by atoms with Crippen LogP contribution in [0.5, 0.6) is 0 Å². The van der Waals surface area contributed by atoms with Gasteiger partial charge >= 0.3 is 13.5 Å². The molecule has 6 heterocycles. The van der Waals surface area contributed by atoms with Crippen molar-refractivity contribution in [1.29, 1.82) is 0 Å². The summed E-state index contributed by atoms with van der Waals surface area (Å²) in [5.41, 5.74) is 6.87. The molecule has 3 fully saturated rings. The molecule has 4 unspecified atom stereocenters. The second-order valence-corrected chi connectivity index (χ2v) is 17.1. The number of benzene rings is 1. The van der Waals surface area contributed by atoms with Crippen molar-refractivity contribution in [3.63, 3.8) is 0 Å². The quantitative estimate of drug-likeness (QED) is 0.168. The normalized spacial score (nSPS) is 37.2. The van der Waals surface area contributed by atoms with Crippen LogP contribution >= 0.6 is 60.6 Å². The zero-order chi connectivity index (χ0) is 32.7. The Morgan fingerprint density at radius 3 is 2.54 bits per heavy atom. The largest absolute Gasteiger partial charge is 0.387 e. The minimum Gasteiger partial charge on any atom is -0.387 e. The molecule has 4 aromatic rings. The van der Waals surface area contributed by atoms with Gasteiger partial charge in [-0.3, -0.25) is 22.7 Å². The SMILES string of the molecule is Nc1ncnc2c1ncn2[C@@H]1O[C@@H]2COP(O)(=S)OC3[C@@H](O)[C@@H](COP(=O)(S)OC2[C@@H]1F)O[C@H]3n1c(Cl)nc2cc(Cl)c(Cl)cc21. The number of fused-ring (bicyclic) bond motifs is 5. The second-order valence-electron chi connectivity index (χ2n) is 10.3. The molecule has 16 nitrogen and oxygen atoms in total. The number of aliphatic hydroxyl groups is 1. The van der Waals surface area contributed by atoms with Crippen LogP contribution in [-0.4, -0.2) is 89.0 Å². The topological polar surface area (TPSA) is 200 Å². The standard InChI is InChI=1S/C22H21Cl3FN7O9P2S2/c23-7-1-9-10(2-8(7)24)33(22(25)31-9)21-17-15(34)11(39-21)3-37-43(35,45)41-16-12(4-38-44(36,46)42-17)40-20(13(16)26)32-6-30-14-18(27)28-5-29-19(14)32/h1-2,5-6,11-13,15-17,20-21,34H,3-4H2,(H,35,45)(H,36,46)(H2,27,28,29)/t11-,12-,13+,15+,16?,17?,20-,21-,43?,44?/m1/s1. The number of imidazole rings is 2. The van der Waals surface area contributed by atoms with E-state index < -0.39 is 75.9 Å². The van der Waals surface area contributed by atoms with E-state index in [1.165, 1.54) is 33.9 Å². The summed E-state index contributed by atoms with van der Waals surface area (Å²) in [5.74, 6) is 0.0555. The Balaban J connectivity index is 1.21. The first-order valence-electron chi connectivity index (χ1n) is 13.1. The maximum Gasteiger partial charge on any atom is 0.386 e. The van der Waals surface area contributed by atoms with E-state index in [2.05, 4.69) is 32.2 Å². The van der Waals surface area contributed by atoms with Gasteiger partial charge in [-0.25, -0.2) is 28.9 Å². The zero-order valence-corrected chi connectivity index (χ0v) is 28.4. The Morgan fingerprint density at radius 1 is 1.04 bits per heavy atom. The molecule has 4 N–H and O–H groups in total.